The number of carbonyl (C=O) groups is 2. The van der Waals surface area contributed by atoms with Crippen LogP contribution < -0.4 is 0 Å². The third-order valence-electron chi connectivity index (χ3n) is 6.07. The normalized spacial score (nSPS) is 12.2. The molecule has 0 saturated carbocycles. The third kappa shape index (κ3) is 26.3. The summed E-state index contributed by atoms with van der Waals surface area (Å²) >= 11 is 0. The number of hydrogen-bond acceptors (Lipinski definition) is 15. The van der Waals surface area contributed by atoms with Gasteiger partial charge < -0.3 is 47.4 Å². The summed E-state index contributed by atoms with van der Waals surface area (Å²) in [5.41, 5.74) is -0.556. The van der Waals surface area contributed by atoms with Gasteiger partial charge in [0.2, 0.25) is 0 Å². The van der Waals surface area contributed by atoms with Crippen molar-refractivity contribution in [3.05, 3.63) is 29.8 Å². The van der Waals surface area contributed by atoms with Crippen LogP contribution in [-0.2, 0) is 61.7 Å². The highest BCUT2D eigenvalue weighted by molar-refractivity contribution is 7.86. The Labute approximate surface area is 309 Å². The Kier molecular flexibility index (Phi) is 24.9. The number of amides is 2. The van der Waals surface area contributed by atoms with Gasteiger partial charge in [-0.3, -0.25) is 4.18 Å². The molecule has 302 valence electrons. The Bertz CT molecular complexity index is 1160. The molecule has 52 heavy (non-hydrogen) atoms. The molecule has 0 bridgehead atoms. The van der Waals surface area contributed by atoms with Gasteiger partial charge in [-0.25, -0.2) is 14.5 Å². The maximum Gasteiger partial charge on any atom is 0.419 e. The number of ether oxygens (including phenoxy) is 10. The van der Waals surface area contributed by atoms with E-state index in [1.807, 2.05) is 6.92 Å². The molecule has 0 aliphatic heterocycles. The zero-order chi connectivity index (χ0) is 38.7. The van der Waals surface area contributed by atoms with Crippen LogP contribution in [0.3, 0.4) is 0 Å². The second kappa shape index (κ2) is 27.2. The van der Waals surface area contributed by atoms with E-state index >= 15 is 0 Å². The van der Waals surface area contributed by atoms with Crippen molar-refractivity contribution in [2.45, 2.75) is 64.6 Å². The Hall–Kier alpha value is -2.45. The molecule has 0 radical (unpaired) electrons. The van der Waals surface area contributed by atoms with Gasteiger partial charge in [0.15, 0.2) is 0 Å². The largest absolute Gasteiger partial charge is 0.443 e. The fourth-order valence-corrected chi connectivity index (χ4v) is 4.56. The quantitative estimate of drug-likeness (QED) is 0.0845. The maximum absolute atomic E-state index is 12.5. The molecule has 16 nitrogen and oxygen atoms in total. The average molecular weight is 768 g/mol. The van der Waals surface area contributed by atoms with Gasteiger partial charge in [0.1, 0.15) is 11.2 Å². The van der Waals surface area contributed by atoms with Crippen LogP contribution in [0.15, 0.2) is 29.2 Å². The summed E-state index contributed by atoms with van der Waals surface area (Å²) in [6, 6.07) is 6.45. The predicted molar refractivity (Wildman–Crippen MR) is 190 cm³/mol. The zero-order valence-electron chi connectivity index (χ0n) is 32.0. The smallest absolute Gasteiger partial charge is 0.419 e. The van der Waals surface area contributed by atoms with E-state index in [1.54, 1.807) is 53.7 Å². The van der Waals surface area contributed by atoms with Crippen molar-refractivity contribution < 1.29 is 69.6 Å². The molecule has 0 aromatic heterocycles. The van der Waals surface area contributed by atoms with Gasteiger partial charge in [0.05, 0.1) is 124 Å². The van der Waals surface area contributed by atoms with Gasteiger partial charge in [-0.05, 0) is 60.6 Å². The molecule has 0 atom stereocenters. The van der Waals surface area contributed by atoms with Gasteiger partial charge in [-0.2, -0.15) is 8.42 Å². The first-order valence-corrected chi connectivity index (χ1v) is 18.8. The molecular formula is C35H61NO15S. The molecule has 0 aliphatic carbocycles. The highest BCUT2D eigenvalue weighted by Gasteiger charge is 2.30. The van der Waals surface area contributed by atoms with E-state index < -0.39 is 33.5 Å². The SMILES string of the molecule is Cc1ccc(S(=O)(=O)OCCOCCOCCOCCOCCOCCOCCOCCOCCN(C(=O)OC(C)(C)C)C(=O)OC(C)(C)C)cc1. The Morgan fingerprint density at radius 3 is 1.10 bits per heavy atom. The van der Waals surface area contributed by atoms with Gasteiger partial charge in [0, 0.05) is 0 Å². The lowest BCUT2D eigenvalue weighted by atomic mass is 10.2. The molecule has 1 aromatic carbocycles. The molecule has 0 heterocycles. The molecule has 0 fully saturated rings. The number of aryl methyl sites for hydroxylation is 1. The summed E-state index contributed by atoms with van der Waals surface area (Å²) in [5, 5.41) is 0. The number of carbonyl (C=O) groups excluding carboxylic acids is 2. The van der Waals surface area contributed by atoms with Crippen LogP contribution >= 0.6 is 0 Å². The molecule has 0 N–H and O–H groups in total. The van der Waals surface area contributed by atoms with Crippen LogP contribution in [0.25, 0.3) is 0 Å². The number of rotatable bonds is 29. The molecule has 0 unspecified atom stereocenters. The summed E-state index contributed by atoms with van der Waals surface area (Å²) in [5.74, 6) is 0. The first-order valence-electron chi connectivity index (χ1n) is 17.4. The fraction of sp³-hybridized carbons (Fsp3) is 0.771. The van der Waals surface area contributed by atoms with Crippen molar-refractivity contribution in [1.29, 1.82) is 0 Å². The van der Waals surface area contributed by atoms with Crippen LogP contribution in [0.1, 0.15) is 47.1 Å². The third-order valence-corrected chi connectivity index (χ3v) is 7.39. The molecular weight excluding hydrogens is 706 g/mol. The summed E-state index contributed by atoms with van der Waals surface area (Å²) in [6.45, 7) is 17.8. The van der Waals surface area contributed by atoms with E-state index in [9.17, 15) is 18.0 Å². The summed E-state index contributed by atoms with van der Waals surface area (Å²) in [7, 11) is -3.79. The van der Waals surface area contributed by atoms with E-state index in [0.29, 0.717) is 85.9 Å². The minimum atomic E-state index is -3.79. The van der Waals surface area contributed by atoms with E-state index in [0.717, 1.165) is 10.5 Å². The van der Waals surface area contributed by atoms with Crippen LogP contribution in [-0.4, -0.2) is 156 Å². The van der Waals surface area contributed by atoms with Gasteiger partial charge >= 0.3 is 12.2 Å². The lowest BCUT2D eigenvalue weighted by Gasteiger charge is -2.28. The molecule has 1 rings (SSSR count). The minimum Gasteiger partial charge on any atom is -0.443 e. The number of benzene rings is 1. The Morgan fingerprint density at radius 1 is 0.500 bits per heavy atom. The highest BCUT2D eigenvalue weighted by Crippen LogP contribution is 2.15. The fourth-order valence-electron chi connectivity index (χ4n) is 3.66. The van der Waals surface area contributed by atoms with Gasteiger partial charge in [0.25, 0.3) is 10.1 Å². The van der Waals surface area contributed by atoms with Gasteiger partial charge in [-0.1, -0.05) is 17.7 Å². The molecule has 2 amide bonds. The van der Waals surface area contributed by atoms with Crippen LogP contribution in [0.2, 0.25) is 0 Å². The van der Waals surface area contributed by atoms with Crippen molar-refractivity contribution in [2.24, 2.45) is 0 Å². The monoisotopic (exact) mass is 767 g/mol. The number of imide groups is 1. The van der Waals surface area contributed by atoms with Crippen LogP contribution in [0, 0.1) is 6.92 Å². The highest BCUT2D eigenvalue weighted by atomic mass is 32.2. The predicted octanol–water partition coefficient (Wildman–Crippen LogP) is 4.01. The van der Waals surface area contributed by atoms with Crippen molar-refractivity contribution in [2.75, 3.05) is 119 Å². The second-order valence-electron chi connectivity index (χ2n) is 13.1. The molecule has 0 spiro atoms. The zero-order valence-corrected chi connectivity index (χ0v) is 32.8. The Morgan fingerprint density at radius 2 is 0.788 bits per heavy atom. The van der Waals surface area contributed by atoms with Crippen LogP contribution in [0.5, 0.6) is 0 Å². The van der Waals surface area contributed by atoms with E-state index in [-0.39, 0.29) is 37.9 Å². The van der Waals surface area contributed by atoms with Crippen molar-refractivity contribution >= 4 is 22.3 Å². The molecule has 0 aliphatic rings. The topological polar surface area (TPSA) is 173 Å². The summed E-state index contributed by atoms with van der Waals surface area (Å²) < 4.78 is 83.4. The lowest BCUT2D eigenvalue weighted by Crippen LogP contribution is -2.45. The molecule has 1 aromatic rings. The van der Waals surface area contributed by atoms with E-state index in [4.69, 9.17) is 51.6 Å². The molecule has 17 heteroatoms. The minimum absolute atomic E-state index is 0.0203. The number of hydrogen-bond donors (Lipinski definition) is 0. The first kappa shape index (κ1) is 47.6. The van der Waals surface area contributed by atoms with Crippen LogP contribution in [0.4, 0.5) is 9.59 Å². The van der Waals surface area contributed by atoms with Gasteiger partial charge in [-0.15, -0.1) is 0 Å². The van der Waals surface area contributed by atoms with E-state index in [1.165, 1.54) is 12.1 Å². The van der Waals surface area contributed by atoms with Crippen molar-refractivity contribution in [3.63, 3.8) is 0 Å². The summed E-state index contributed by atoms with van der Waals surface area (Å²) in [6.07, 6.45) is -1.59. The van der Waals surface area contributed by atoms with E-state index in [2.05, 4.69) is 0 Å². The Balaban J connectivity index is 1.86. The average Bonchev–Trinajstić information content (AvgIpc) is 3.04. The lowest BCUT2D eigenvalue weighted by molar-refractivity contribution is -0.0249. The maximum atomic E-state index is 12.5. The van der Waals surface area contributed by atoms with Crippen molar-refractivity contribution in [3.8, 4) is 0 Å². The first-order chi connectivity index (χ1) is 24.6. The second-order valence-corrected chi connectivity index (χ2v) is 14.7. The summed E-state index contributed by atoms with van der Waals surface area (Å²) in [4.78, 5) is 26.0. The number of nitrogens with zero attached hydrogens (tertiary/aromatic N) is 1. The van der Waals surface area contributed by atoms with Crippen molar-refractivity contribution in [1.82, 2.24) is 4.90 Å². The molecule has 0 saturated heterocycles. The standard InChI is InChI=1S/C35H61NO15S/c1-30-8-10-31(11-9-30)52(39,40)49-29-28-48-27-26-47-25-24-46-23-22-45-21-20-44-19-18-43-17-16-42-15-14-41-13-12-36(32(37)50-34(2,3)4)33(38)51-35(5,6)7/h8-11H,12-29H2,1-7H3.